The van der Waals surface area contributed by atoms with Crippen molar-refractivity contribution < 1.29 is 26.7 Å². The Morgan fingerprint density at radius 2 is 1.97 bits per heavy atom. The summed E-state index contributed by atoms with van der Waals surface area (Å²) in [6.07, 6.45) is -3.15. The number of carbonyl (C=O) groups excluding carboxylic acids is 1. The molecule has 1 aromatic carbocycles. The van der Waals surface area contributed by atoms with Crippen molar-refractivity contribution in [3.8, 4) is 11.1 Å². The first-order valence-corrected chi connectivity index (χ1v) is 8.68. The summed E-state index contributed by atoms with van der Waals surface area (Å²) in [4.78, 5) is 17.4. The molecule has 29 heavy (non-hydrogen) atoms. The predicted molar refractivity (Wildman–Crippen MR) is 97.0 cm³/mol. The Morgan fingerprint density at radius 3 is 2.59 bits per heavy atom. The van der Waals surface area contributed by atoms with Gasteiger partial charge in [0.1, 0.15) is 11.5 Å². The summed E-state index contributed by atoms with van der Waals surface area (Å²) >= 11 is 0. The van der Waals surface area contributed by atoms with Gasteiger partial charge in [0.15, 0.2) is 0 Å². The molecule has 1 aliphatic heterocycles. The van der Waals surface area contributed by atoms with Crippen LogP contribution < -0.4 is 5.32 Å². The second-order valence-electron chi connectivity index (χ2n) is 6.58. The van der Waals surface area contributed by atoms with E-state index in [-0.39, 0.29) is 31.2 Å². The molecule has 1 aromatic heterocycles. The molecule has 2 heterocycles. The zero-order valence-corrected chi connectivity index (χ0v) is 15.0. The van der Waals surface area contributed by atoms with Crippen LogP contribution in [0.3, 0.4) is 0 Å². The molecule has 1 aliphatic rings. The minimum atomic E-state index is -2.98. The van der Waals surface area contributed by atoms with Crippen LogP contribution in [0.4, 0.5) is 27.6 Å². The summed E-state index contributed by atoms with van der Waals surface area (Å²) in [7, 11) is 0. The van der Waals surface area contributed by atoms with Crippen molar-refractivity contribution in [2.45, 2.75) is 12.9 Å². The lowest BCUT2D eigenvalue weighted by atomic mass is 10.0. The van der Waals surface area contributed by atoms with Gasteiger partial charge in [-0.25, -0.2) is 22.0 Å². The van der Waals surface area contributed by atoms with Gasteiger partial charge in [0.25, 0.3) is 6.43 Å². The molecule has 0 radical (unpaired) electrons. The Balaban J connectivity index is 1.75. The van der Waals surface area contributed by atoms with Crippen LogP contribution in [0.25, 0.3) is 11.1 Å². The summed E-state index contributed by atoms with van der Waals surface area (Å²) in [5.41, 5.74) is 0.429. The molecular formula is C19H17F5N4O. The number of likely N-dealkylation sites (tertiary alicyclic amines) is 1. The van der Waals surface area contributed by atoms with Gasteiger partial charge in [0.05, 0.1) is 23.7 Å². The topological polar surface area (TPSA) is 69.1 Å². The van der Waals surface area contributed by atoms with Gasteiger partial charge >= 0.3 is 0 Å². The van der Waals surface area contributed by atoms with E-state index in [1.807, 2.05) is 0 Å². The normalized spacial score (nSPS) is 14.2. The van der Waals surface area contributed by atoms with E-state index in [1.165, 1.54) is 23.2 Å². The van der Waals surface area contributed by atoms with Crippen LogP contribution in [0.1, 0.15) is 17.7 Å². The van der Waals surface area contributed by atoms with Gasteiger partial charge in [-0.3, -0.25) is 9.78 Å². The average molecular weight is 412 g/mol. The number of benzene rings is 1. The molecule has 1 amide bonds. The third-order valence-corrected chi connectivity index (χ3v) is 4.67. The molecule has 10 heteroatoms. The number of alkyl halides is 4. The van der Waals surface area contributed by atoms with Crippen LogP contribution in [-0.2, 0) is 4.79 Å². The number of nitrogens with one attached hydrogen (secondary N) is 2. The second kappa shape index (κ2) is 8.54. The van der Waals surface area contributed by atoms with Crippen molar-refractivity contribution in [1.82, 2.24) is 9.88 Å². The van der Waals surface area contributed by atoms with Gasteiger partial charge in [-0.1, -0.05) is 6.07 Å². The average Bonchev–Trinajstić information content (AvgIpc) is 2.64. The molecule has 1 saturated heterocycles. The van der Waals surface area contributed by atoms with Gasteiger partial charge < -0.3 is 15.6 Å². The first-order valence-electron chi connectivity index (χ1n) is 8.68. The Bertz CT molecular complexity index is 915. The summed E-state index contributed by atoms with van der Waals surface area (Å²) < 4.78 is 64.4. The molecule has 0 bridgehead atoms. The van der Waals surface area contributed by atoms with Gasteiger partial charge in [0, 0.05) is 31.1 Å². The SMILES string of the molecule is N=Cc1ncc(-c2ccc(F)c(C(F)F)c2)cc1NCC(=O)N1CC(C(F)F)C1. The fourth-order valence-electron chi connectivity index (χ4n) is 2.94. The van der Waals surface area contributed by atoms with E-state index in [0.29, 0.717) is 16.8 Å². The molecule has 5 nitrogen and oxygen atoms in total. The number of carbonyl (C=O) groups is 1. The minimum Gasteiger partial charge on any atom is -0.374 e. The Labute approximate surface area is 163 Å². The van der Waals surface area contributed by atoms with E-state index >= 15 is 0 Å². The molecule has 154 valence electrons. The third-order valence-electron chi connectivity index (χ3n) is 4.67. The lowest BCUT2D eigenvalue weighted by molar-refractivity contribution is -0.139. The molecular weight excluding hydrogens is 395 g/mol. The number of amides is 1. The van der Waals surface area contributed by atoms with Crippen LogP contribution in [-0.4, -0.2) is 48.1 Å². The van der Waals surface area contributed by atoms with Gasteiger partial charge in [0.2, 0.25) is 12.3 Å². The monoisotopic (exact) mass is 412 g/mol. The number of aromatic nitrogens is 1. The highest BCUT2D eigenvalue weighted by molar-refractivity contribution is 5.88. The van der Waals surface area contributed by atoms with Crippen molar-refractivity contribution in [1.29, 1.82) is 5.41 Å². The smallest absolute Gasteiger partial charge is 0.266 e. The first-order chi connectivity index (χ1) is 13.8. The predicted octanol–water partition coefficient (Wildman–Crippen LogP) is 3.96. The molecule has 2 aromatic rings. The van der Waals surface area contributed by atoms with Crippen molar-refractivity contribution in [2.75, 3.05) is 25.0 Å². The zero-order chi connectivity index (χ0) is 21.1. The highest BCUT2D eigenvalue weighted by Crippen LogP contribution is 2.29. The molecule has 3 rings (SSSR count). The molecule has 1 fully saturated rings. The first kappa shape index (κ1) is 20.7. The largest absolute Gasteiger partial charge is 0.374 e. The van der Waals surface area contributed by atoms with E-state index in [2.05, 4.69) is 10.3 Å². The summed E-state index contributed by atoms with van der Waals surface area (Å²) in [6.45, 7) is -0.229. The Morgan fingerprint density at radius 1 is 1.24 bits per heavy atom. The Kier molecular flexibility index (Phi) is 6.09. The summed E-state index contributed by atoms with van der Waals surface area (Å²) in [6, 6.07) is 4.77. The maximum absolute atomic E-state index is 13.5. The maximum Gasteiger partial charge on any atom is 0.266 e. The number of rotatable bonds is 7. The number of hydrogen-bond acceptors (Lipinski definition) is 4. The number of pyridine rings is 1. The van der Waals surface area contributed by atoms with E-state index < -0.39 is 30.1 Å². The van der Waals surface area contributed by atoms with Gasteiger partial charge in [-0.2, -0.15) is 0 Å². The standard InChI is InChI=1S/C19H17F5N4O/c20-14-2-1-10(3-13(14)19(23)24)11-4-15(16(5-25)26-6-11)27-7-17(29)28-8-12(9-28)18(21)22/h1-6,12,18-19,25,27H,7-9H2. The number of anilines is 1. The van der Waals surface area contributed by atoms with Crippen molar-refractivity contribution in [3.63, 3.8) is 0 Å². The molecule has 2 N–H and O–H groups in total. The quantitative estimate of drug-likeness (QED) is 0.534. The van der Waals surface area contributed by atoms with Crippen LogP contribution >= 0.6 is 0 Å². The van der Waals surface area contributed by atoms with Crippen molar-refractivity contribution in [3.05, 3.63) is 47.5 Å². The molecule has 0 atom stereocenters. The molecule has 0 saturated carbocycles. The van der Waals surface area contributed by atoms with E-state index in [1.54, 1.807) is 0 Å². The highest BCUT2D eigenvalue weighted by atomic mass is 19.3. The fourth-order valence-corrected chi connectivity index (χ4v) is 2.94. The van der Waals surface area contributed by atoms with Crippen LogP contribution in [0.15, 0.2) is 30.5 Å². The highest BCUT2D eigenvalue weighted by Gasteiger charge is 2.36. The number of nitrogens with zero attached hydrogens (tertiary/aromatic N) is 2. The molecule has 0 spiro atoms. The lowest BCUT2D eigenvalue weighted by Gasteiger charge is -2.38. The molecule has 0 aliphatic carbocycles. The zero-order valence-electron chi connectivity index (χ0n) is 15.0. The van der Waals surface area contributed by atoms with Crippen molar-refractivity contribution >= 4 is 17.8 Å². The summed E-state index contributed by atoms with van der Waals surface area (Å²) in [5.74, 6) is -2.22. The van der Waals surface area contributed by atoms with Crippen LogP contribution in [0.2, 0.25) is 0 Å². The van der Waals surface area contributed by atoms with E-state index in [4.69, 9.17) is 5.41 Å². The third kappa shape index (κ3) is 4.52. The van der Waals surface area contributed by atoms with Crippen LogP contribution in [0, 0.1) is 17.1 Å². The van der Waals surface area contributed by atoms with Crippen molar-refractivity contribution in [2.24, 2.45) is 5.92 Å². The van der Waals surface area contributed by atoms with E-state index in [9.17, 15) is 26.7 Å². The van der Waals surface area contributed by atoms with Gasteiger partial charge in [-0.05, 0) is 23.8 Å². The summed E-state index contributed by atoms with van der Waals surface area (Å²) in [5, 5.41) is 10.2. The minimum absolute atomic E-state index is 0.0140. The van der Waals surface area contributed by atoms with Gasteiger partial charge in [-0.15, -0.1) is 0 Å². The molecule has 0 unspecified atom stereocenters. The maximum atomic E-state index is 13.5. The Hall–Kier alpha value is -3.04. The number of halogens is 5. The number of hydrogen-bond donors (Lipinski definition) is 2. The second-order valence-corrected chi connectivity index (χ2v) is 6.58. The fraction of sp³-hybridized carbons (Fsp3) is 0.316. The van der Waals surface area contributed by atoms with E-state index in [0.717, 1.165) is 18.3 Å². The lowest BCUT2D eigenvalue weighted by Crippen LogP contribution is -2.54. The van der Waals surface area contributed by atoms with Crippen LogP contribution in [0.5, 0.6) is 0 Å².